The molecule has 3 amide bonds. The van der Waals surface area contributed by atoms with E-state index in [1.54, 1.807) is 12.1 Å². The van der Waals surface area contributed by atoms with E-state index in [1.807, 2.05) is 6.92 Å². The number of urea groups is 1. The van der Waals surface area contributed by atoms with Crippen LogP contribution in [0.1, 0.15) is 28.8 Å². The molecule has 0 unspecified atom stereocenters. The second-order valence-corrected chi connectivity index (χ2v) is 6.32. The normalized spacial score (nSPS) is 14.6. The van der Waals surface area contributed by atoms with Crippen molar-refractivity contribution in [1.29, 1.82) is 0 Å². The molecule has 10 heteroatoms. The van der Waals surface area contributed by atoms with Crippen molar-refractivity contribution in [1.82, 2.24) is 10.2 Å². The van der Waals surface area contributed by atoms with Crippen LogP contribution in [0.15, 0.2) is 34.4 Å². The third kappa shape index (κ3) is 4.47. The third-order valence-corrected chi connectivity index (χ3v) is 4.41. The average molecular weight is 430 g/mol. The van der Waals surface area contributed by atoms with Crippen molar-refractivity contribution in [2.75, 3.05) is 27.9 Å². The quantitative estimate of drug-likeness (QED) is 0.386. The monoisotopic (exact) mass is 430 g/mol. The number of benzene rings is 1. The smallest absolute Gasteiger partial charge is 0.373 e. The lowest BCUT2D eigenvalue weighted by atomic mass is 10.1. The Kier molecular flexibility index (Phi) is 6.49. The van der Waals surface area contributed by atoms with E-state index < -0.39 is 17.9 Å². The fraction of sp³-hybridized carbons (Fsp3) is 0.286. The summed E-state index contributed by atoms with van der Waals surface area (Å²) in [6.45, 7) is 2.11. The van der Waals surface area contributed by atoms with Gasteiger partial charge in [0.1, 0.15) is 11.5 Å². The van der Waals surface area contributed by atoms with Crippen LogP contribution in [0, 0.1) is 0 Å². The van der Waals surface area contributed by atoms with Gasteiger partial charge in [-0.25, -0.2) is 9.59 Å². The maximum Gasteiger partial charge on any atom is 0.373 e. The van der Waals surface area contributed by atoms with E-state index in [0.29, 0.717) is 29.4 Å². The molecule has 2 heterocycles. The summed E-state index contributed by atoms with van der Waals surface area (Å²) in [5.74, 6) is 0.330. The van der Waals surface area contributed by atoms with E-state index in [0.717, 1.165) is 4.90 Å². The molecular formula is C21H22N2O8. The van der Waals surface area contributed by atoms with Gasteiger partial charge in [-0.1, -0.05) is 0 Å². The summed E-state index contributed by atoms with van der Waals surface area (Å²) in [6, 6.07) is 5.62. The highest BCUT2D eigenvalue weighted by Crippen LogP contribution is 2.39. The summed E-state index contributed by atoms with van der Waals surface area (Å²) < 4.78 is 26.2. The number of rotatable bonds is 8. The van der Waals surface area contributed by atoms with Gasteiger partial charge in [0.05, 0.1) is 34.5 Å². The maximum atomic E-state index is 12.8. The van der Waals surface area contributed by atoms with Gasteiger partial charge in [0.15, 0.2) is 11.5 Å². The van der Waals surface area contributed by atoms with Gasteiger partial charge < -0.3 is 28.7 Å². The topological polar surface area (TPSA) is 117 Å². The number of furan rings is 1. The minimum atomic E-state index is -0.651. The molecule has 0 spiro atoms. The molecule has 1 aromatic carbocycles. The van der Waals surface area contributed by atoms with Gasteiger partial charge >= 0.3 is 12.0 Å². The standard InChI is InChI=1S/C21H22N2O8/c1-5-30-18-16(27-2)9-12(10-17(18)28-3)8-14-19(24)23(21(26)22-14)11-13-6-7-15(31-13)20(25)29-4/h6-10H,5,11H2,1-4H3,(H,22,26)/b14-8-. The van der Waals surface area contributed by atoms with Crippen molar-refractivity contribution in [2.45, 2.75) is 13.5 Å². The van der Waals surface area contributed by atoms with E-state index in [9.17, 15) is 14.4 Å². The van der Waals surface area contributed by atoms with Crippen molar-refractivity contribution >= 4 is 24.0 Å². The van der Waals surface area contributed by atoms with Crippen LogP contribution in [0.3, 0.4) is 0 Å². The van der Waals surface area contributed by atoms with Crippen LogP contribution < -0.4 is 19.5 Å². The van der Waals surface area contributed by atoms with E-state index in [-0.39, 0.29) is 23.8 Å². The van der Waals surface area contributed by atoms with Crippen LogP contribution in [-0.2, 0) is 16.1 Å². The molecule has 0 radical (unpaired) electrons. The molecular weight excluding hydrogens is 408 g/mol. The molecule has 0 bridgehead atoms. The number of nitrogens with one attached hydrogen (secondary N) is 1. The molecule has 1 aliphatic rings. The van der Waals surface area contributed by atoms with Crippen molar-refractivity contribution in [3.63, 3.8) is 0 Å². The molecule has 31 heavy (non-hydrogen) atoms. The van der Waals surface area contributed by atoms with Gasteiger partial charge in [-0.3, -0.25) is 9.69 Å². The molecule has 1 aromatic heterocycles. The number of hydrogen-bond acceptors (Lipinski definition) is 8. The number of amides is 3. The summed E-state index contributed by atoms with van der Waals surface area (Å²) in [5.41, 5.74) is 0.631. The number of imide groups is 1. The Balaban J connectivity index is 1.84. The number of carbonyl (C=O) groups is 3. The van der Waals surface area contributed by atoms with Crippen molar-refractivity contribution in [3.8, 4) is 17.2 Å². The van der Waals surface area contributed by atoms with E-state index >= 15 is 0 Å². The molecule has 1 fully saturated rings. The predicted molar refractivity (Wildman–Crippen MR) is 108 cm³/mol. The molecule has 3 rings (SSSR count). The first-order valence-corrected chi connectivity index (χ1v) is 9.32. The summed E-state index contributed by atoms with van der Waals surface area (Å²) in [4.78, 5) is 37.5. The Morgan fingerprint density at radius 3 is 2.39 bits per heavy atom. The number of hydrogen-bond donors (Lipinski definition) is 1. The van der Waals surface area contributed by atoms with E-state index in [2.05, 4.69) is 10.1 Å². The summed E-state index contributed by atoms with van der Waals surface area (Å²) in [6.07, 6.45) is 1.50. The minimum Gasteiger partial charge on any atom is -0.493 e. The zero-order valence-electron chi connectivity index (χ0n) is 17.5. The average Bonchev–Trinajstić information content (AvgIpc) is 3.34. The van der Waals surface area contributed by atoms with Crippen LogP contribution in [0.4, 0.5) is 4.79 Å². The second-order valence-electron chi connectivity index (χ2n) is 6.32. The molecule has 0 saturated carbocycles. The first-order chi connectivity index (χ1) is 14.9. The van der Waals surface area contributed by atoms with Crippen LogP contribution in [-0.4, -0.2) is 50.7 Å². The van der Waals surface area contributed by atoms with Gasteiger partial charge in [-0.05, 0) is 42.8 Å². The van der Waals surface area contributed by atoms with Gasteiger partial charge in [0.25, 0.3) is 5.91 Å². The number of methoxy groups -OCH3 is 3. The number of ether oxygens (including phenoxy) is 4. The van der Waals surface area contributed by atoms with Crippen LogP contribution in [0.25, 0.3) is 6.08 Å². The minimum absolute atomic E-state index is 0.0195. The lowest BCUT2D eigenvalue weighted by molar-refractivity contribution is -0.123. The number of esters is 1. The zero-order valence-corrected chi connectivity index (χ0v) is 17.5. The Morgan fingerprint density at radius 2 is 1.81 bits per heavy atom. The summed E-state index contributed by atoms with van der Waals surface area (Å²) in [7, 11) is 4.21. The summed E-state index contributed by atoms with van der Waals surface area (Å²) in [5, 5.41) is 2.53. The highest BCUT2D eigenvalue weighted by molar-refractivity contribution is 6.13. The zero-order chi connectivity index (χ0) is 22.5. The largest absolute Gasteiger partial charge is 0.493 e. The molecule has 1 saturated heterocycles. The highest BCUT2D eigenvalue weighted by atomic mass is 16.5. The highest BCUT2D eigenvalue weighted by Gasteiger charge is 2.34. The second kappa shape index (κ2) is 9.24. The van der Waals surface area contributed by atoms with Gasteiger partial charge in [0, 0.05) is 0 Å². The van der Waals surface area contributed by atoms with Gasteiger partial charge in [0.2, 0.25) is 11.5 Å². The SMILES string of the molecule is CCOc1c(OC)cc(/C=C2\NC(=O)N(Cc3ccc(C(=O)OC)o3)C2=O)cc1OC. The van der Waals surface area contributed by atoms with Crippen molar-refractivity contribution in [3.05, 3.63) is 47.0 Å². The maximum absolute atomic E-state index is 12.8. The van der Waals surface area contributed by atoms with E-state index in [1.165, 1.54) is 39.5 Å². The molecule has 1 N–H and O–H groups in total. The van der Waals surface area contributed by atoms with Crippen LogP contribution in [0.2, 0.25) is 0 Å². The number of carbonyl (C=O) groups excluding carboxylic acids is 3. The summed E-state index contributed by atoms with van der Waals surface area (Å²) >= 11 is 0. The first-order valence-electron chi connectivity index (χ1n) is 9.32. The van der Waals surface area contributed by atoms with Gasteiger partial charge in [-0.2, -0.15) is 0 Å². The third-order valence-electron chi connectivity index (χ3n) is 4.41. The van der Waals surface area contributed by atoms with Gasteiger partial charge in [-0.15, -0.1) is 0 Å². The fourth-order valence-corrected chi connectivity index (χ4v) is 2.98. The fourth-order valence-electron chi connectivity index (χ4n) is 2.98. The Morgan fingerprint density at radius 1 is 1.13 bits per heavy atom. The van der Waals surface area contributed by atoms with E-state index in [4.69, 9.17) is 18.6 Å². The molecule has 164 valence electrons. The van der Waals surface area contributed by atoms with Crippen LogP contribution >= 0.6 is 0 Å². The molecule has 10 nitrogen and oxygen atoms in total. The Hall–Kier alpha value is -3.95. The number of nitrogens with zero attached hydrogens (tertiary/aromatic N) is 1. The predicted octanol–water partition coefficient (Wildman–Crippen LogP) is 2.58. The first kappa shape index (κ1) is 21.8. The molecule has 0 atom stereocenters. The molecule has 0 aliphatic carbocycles. The lowest BCUT2D eigenvalue weighted by Crippen LogP contribution is -2.30. The molecule has 1 aliphatic heterocycles. The van der Waals surface area contributed by atoms with Crippen molar-refractivity contribution < 1.29 is 37.7 Å². The Labute approximate surface area is 178 Å². The molecule has 2 aromatic rings. The lowest BCUT2D eigenvalue weighted by Gasteiger charge is -2.14. The Bertz CT molecular complexity index is 1010. The van der Waals surface area contributed by atoms with Crippen LogP contribution in [0.5, 0.6) is 17.2 Å². The van der Waals surface area contributed by atoms with Crippen molar-refractivity contribution in [2.24, 2.45) is 0 Å².